The van der Waals surface area contributed by atoms with E-state index in [1.807, 2.05) is 36.4 Å². The van der Waals surface area contributed by atoms with Crippen LogP contribution in [0.2, 0.25) is 0 Å². The van der Waals surface area contributed by atoms with Gasteiger partial charge in [0.25, 0.3) is 0 Å². The third kappa shape index (κ3) is 5.07. The molecule has 0 saturated carbocycles. The third-order valence-electron chi connectivity index (χ3n) is 3.24. The lowest BCUT2D eigenvalue weighted by Gasteiger charge is -2.15. The van der Waals surface area contributed by atoms with Crippen LogP contribution in [0.15, 0.2) is 60.7 Å². The Morgan fingerprint density at radius 3 is 2.17 bits per heavy atom. The molecule has 23 heavy (non-hydrogen) atoms. The Balaban J connectivity index is 1.83. The Morgan fingerprint density at radius 2 is 1.57 bits per heavy atom. The number of benzene rings is 2. The molecule has 0 fully saturated rings. The molecule has 0 heterocycles. The average Bonchev–Trinajstić information content (AvgIpc) is 2.62. The van der Waals surface area contributed by atoms with E-state index in [-0.39, 0.29) is 25.4 Å². The van der Waals surface area contributed by atoms with Crippen molar-refractivity contribution in [2.24, 2.45) is 0 Å². The summed E-state index contributed by atoms with van der Waals surface area (Å²) in [6, 6.07) is 17.9. The van der Waals surface area contributed by atoms with Gasteiger partial charge in [0, 0.05) is 18.5 Å². The van der Waals surface area contributed by atoms with Crippen molar-refractivity contribution in [3.8, 4) is 0 Å². The summed E-state index contributed by atoms with van der Waals surface area (Å²) in [6.07, 6.45) is -0.320. The summed E-state index contributed by atoms with van der Waals surface area (Å²) >= 11 is 0. The van der Waals surface area contributed by atoms with Gasteiger partial charge >= 0.3 is 6.09 Å². The minimum absolute atomic E-state index is 0.00908. The first-order valence-electron chi connectivity index (χ1n) is 7.21. The highest BCUT2D eigenvalue weighted by molar-refractivity contribution is 5.96. The zero-order valence-electron chi connectivity index (χ0n) is 12.6. The van der Waals surface area contributed by atoms with E-state index in [2.05, 4.69) is 0 Å². The number of rotatable bonds is 7. The van der Waals surface area contributed by atoms with Crippen molar-refractivity contribution in [3.05, 3.63) is 71.8 Å². The minimum atomic E-state index is -0.760. The molecule has 2 aromatic carbocycles. The Morgan fingerprint density at radius 1 is 0.957 bits per heavy atom. The van der Waals surface area contributed by atoms with Gasteiger partial charge in [-0.15, -0.1) is 0 Å². The first kappa shape index (κ1) is 16.4. The average molecular weight is 311 g/mol. The molecule has 0 N–H and O–H groups in total. The van der Waals surface area contributed by atoms with Gasteiger partial charge < -0.3 is 4.74 Å². The number of hydrogen-bond acceptors (Lipinski definition) is 4. The number of Topliss-reactive ketones (excluding diaryl/α,β-unsaturated/α-hetero) is 1. The van der Waals surface area contributed by atoms with Gasteiger partial charge in [0.05, 0.1) is 0 Å². The number of ketones is 1. The fraction of sp³-hybridized carbons (Fsp3) is 0.167. The van der Waals surface area contributed by atoms with Gasteiger partial charge in [0.2, 0.25) is 6.41 Å². The maximum Gasteiger partial charge on any atom is 0.416 e. The SMILES string of the molecule is O=CN(CCC(=O)c1ccccc1)C(=O)OCc1ccccc1. The first-order valence-corrected chi connectivity index (χ1v) is 7.21. The molecular formula is C18H17NO4. The van der Waals surface area contributed by atoms with E-state index in [1.165, 1.54) is 0 Å². The Labute approximate surface area is 134 Å². The zero-order chi connectivity index (χ0) is 16.5. The highest BCUT2D eigenvalue weighted by Crippen LogP contribution is 2.06. The maximum atomic E-state index is 12.0. The molecular weight excluding hydrogens is 294 g/mol. The normalized spacial score (nSPS) is 9.91. The van der Waals surface area contributed by atoms with Crippen molar-refractivity contribution in [1.82, 2.24) is 4.90 Å². The van der Waals surface area contributed by atoms with Gasteiger partial charge in [-0.2, -0.15) is 0 Å². The van der Waals surface area contributed by atoms with Gasteiger partial charge in [-0.3, -0.25) is 9.59 Å². The van der Waals surface area contributed by atoms with Gasteiger partial charge in [0.15, 0.2) is 5.78 Å². The van der Waals surface area contributed by atoms with Gasteiger partial charge in [-0.1, -0.05) is 60.7 Å². The molecule has 0 aliphatic heterocycles. The number of hydrogen-bond donors (Lipinski definition) is 0. The Bertz CT molecular complexity index is 655. The third-order valence-corrected chi connectivity index (χ3v) is 3.24. The summed E-state index contributed by atoms with van der Waals surface area (Å²) < 4.78 is 5.06. The summed E-state index contributed by atoms with van der Waals surface area (Å²) in [5.74, 6) is -0.131. The first-order chi connectivity index (χ1) is 11.2. The molecule has 0 aromatic heterocycles. The van der Waals surface area contributed by atoms with Crippen LogP contribution in [0.4, 0.5) is 4.79 Å². The molecule has 2 amide bonds. The summed E-state index contributed by atoms with van der Waals surface area (Å²) in [7, 11) is 0. The number of amides is 2. The zero-order valence-corrected chi connectivity index (χ0v) is 12.6. The van der Waals surface area contributed by atoms with Gasteiger partial charge in [-0.05, 0) is 5.56 Å². The van der Waals surface area contributed by atoms with Crippen molar-refractivity contribution in [2.75, 3.05) is 6.54 Å². The quantitative estimate of drug-likeness (QED) is 0.582. The minimum Gasteiger partial charge on any atom is -0.444 e. The van der Waals surface area contributed by atoms with Crippen molar-refractivity contribution >= 4 is 18.3 Å². The molecule has 0 aliphatic carbocycles. The summed E-state index contributed by atoms with van der Waals surface area (Å²) in [4.78, 5) is 35.7. The summed E-state index contributed by atoms with van der Waals surface area (Å²) in [5, 5.41) is 0. The molecule has 5 nitrogen and oxygen atoms in total. The van der Waals surface area contributed by atoms with Crippen LogP contribution in [0.3, 0.4) is 0 Å². The highest BCUT2D eigenvalue weighted by atomic mass is 16.6. The molecule has 0 bridgehead atoms. The van der Waals surface area contributed by atoms with Crippen LogP contribution in [0, 0.1) is 0 Å². The Hall–Kier alpha value is -2.95. The van der Waals surface area contributed by atoms with Crippen LogP contribution in [0.5, 0.6) is 0 Å². The lowest BCUT2D eigenvalue weighted by Crippen LogP contribution is -2.32. The van der Waals surface area contributed by atoms with Gasteiger partial charge in [-0.25, -0.2) is 9.69 Å². The van der Waals surface area contributed by atoms with E-state index < -0.39 is 6.09 Å². The lowest BCUT2D eigenvalue weighted by molar-refractivity contribution is -0.116. The second-order valence-electron chi connectivity index (χ2n) is 4.88. The number of ether oxygens (including phenoxy) is 1. The summed E-state index contributed by atoms with van der Waals surface area (Å²) in [5.41, 5.74) is 1.38. The Kier molecular flexibility index (Phi) is 6.06. The van der Waals surface area contributed by atoms with Crippen molar-refractivity contribution in [3.63, 3.8) is 0 Å². The van der Waals surface area contributed by atoms with Crippen LogP contribution in [-0.4, -0.2) is 29.7 Å². The standard InChI is InChI=1S/C18H17NO4/c20-14-19(12-11-17(21)16-9-5-2-6-10-16)18(22)23-13-15-7-3-1-4-8-15/h1-10,14H,11-13H2. The molecule has 2 rings (SSSR count). The van der Waals surface area contributed by atoms with Gasteiger partial charge in [0.1, 0.15) is 6.61 Å². The molecule has 0 saturated heterocycles. The predicted molar refractivity (Wildman–Crippen MR) is 84.8 cm³/mol. The van der Waals surface area contributed by atoms with Crippen LogP contribution in [-0.2, 0) is 16.1 Å². The molecule has 2 aromatic rings. The number of carbonyl (C=O) groups is 3. The second kappa shape index (κ2) is 8.48. The van der Waals surface area contributed by atoms with Crippen LogP contribution < -0.4 is 0 Å². The fourth-order valence-electron chi connectivity index (χ4n) is 1.98. The monoisotopic (exact) mass is 311 g/mol. The van der Waals surface area contributed by atoms with Crippen LogP contribution in [0.25, 0.3) is 0 Å². The van der Waals surface area contributed by atoms with E-state index in [1.54, 1.807) is 24.3 Å². The molecule has 0 radical (unpaired) electrons. The predicted octanol–water partition coefficient (Wildman–Crippen LogP) is 3.05. The van der Waals surface area contributed by atoms with Crippen LogP contribution in [0.1, 0.15) is 22.3 Å². The number of nitrogens with zero attached hydrogens (tertiary/aromatic N) is 1. The highest BCUT2D eigenvalue weighted by Gasteiger charge is 2.16. The van der Waals surface area contributed by atoms with Crippen molar-refractivity contribution < 1.29 is 19.1 Å². The molecule has 0 atom stereocenters. The van der Waals surface area contributed by atoms with Crippen molar-refractivity contribution in [1.29, 1.82) is 0 Å². The second-order valence-corrected chi connectivity index (χ2v) is 4.88. The summed E-state index contributed by atoms with van der Waals surface area (Å²) in [6.45, 7) is 0.0709. The molecule has 5 heteroatoms. The van der Waals surface area contributed by atoms with E-state index in [4.69, 9.17) is 4.74 Å². The van der Waals surface area contributed by atoms with Crippen LogP contribution >= 0.6 is 0 Å². The molecule has 118 valence electrons. The van der Waals surface area contributed by atoms with Crippen molar-refractivity contribution in [2.45, 2.75) is 13.0 Å². The molecule has 0 spiro atoms. The molecule has 0 unspecified atom stereocenters. The topological polar surface area (TPSA) is 63.7 Å². The number of carbonyl (C=O) groups excluding carboxylic acids is 3. The maximum absolute atomic E-state index is 12.0. The number of imide groups is 1. The van der Waals surface area contributed by atoms with E-state index in [0.29, 0.717) is 12.0 Å². The lowest BCUT2D eigenvalue weighted by atomic mass is 10.1. The largest absolute Gasteiger partial charge is 0.444 e. The van der Waals surface area contributed by atoms with E-state index >= 15 is 0 Å². The fourth-order valence-corrected chi connectivity index (χ4v) is 1.98. The van der Waals surface area contributed by atoms with E-state index in [0.717, 1.165) is 10.5 Å². The molecule has 0 aliphatic rings. The smallest absolute Gasteiger partial charge is 0.416 e. The van der Waals surface area contributed by atoms with E-state index in [9.17, 15) is 14.4 Å².